The maximum absolute atomic E-state index is 12.1. The van der Waals surface area contributed by atoms with Gasteiger partial charge in [-0.2, -0.15) is 5.10 Å². The standard InChI is InChI=1S/C18H22N4O4S/c1-4-25-14-7-6-12(8-15(14)26-5-2)11(3)21-22-17(24)10-13-9-16(23)20-18(27)19-13/h6-9H,4-5,10H2,1-3H3,(H,22,24)(H2,19,20,23,27)/b21-11-. The number of rotatable bonds is 8. The van der Waals surface area contributed by atoms with E-state index in [0.29, 0.717) is 36.1 Å². The highest BCUT2D eigenvalue weighted by atomic mass is 32.1. The van der Waals surface area contributed by atoms with Gasteiger partial charge in [0.15, 0.2) is 16.3 Å². The fourth-order valence-corrected chi connectivity index (χ4v) is 2.55. The van der Waals surface area contributed by atoms with Crippen LogP contribution in [0.5, 0.6) is 11.5 Å². The summed E-state index contributed by atoms with van der Waals surface area (Å²) in [6.45, 7) is 6.61. The van der Waals surface area contributed by atoms with Crippen molar-refractivity contribution in [3.8, 4) is 11.5 Å². The summed E-state index contributed by atoms with van der Waals surface area (Å²) in [5.74, 6) is 0.903. The number of hydrazone groups is 1. The maximum Gasteiger partial charge on any atom is 0.251 e. The van der Waals surface area contributed by atoms with E-state index in [1.54, 1.807) is 13.0 Å². The Bertz CT molecular complexity index is 921. The minimum absolute atomic E-state index is 0.0438. The molecule has 0 aliphatic rings. The predicted octanol–water partition coefficient (Wildman–Crippen LogP) is 2.31. The Balaban J connectivity index is 2.09. The number of carbonyl (C=O) groups excluding carboxylic acids is 1. The highest BCUT2D eigenvalue weighted by Crippen LogP contribution is 2.28. The Hall–Kier alpha value is -2.94. The van der Waals surface area contributed by atoms with Gasteiger partial charge in [-0.05, 0) is 51.2 Å². The summed E-state index contributed by atoms with van der Waals surface area (Å²) in [5.41, 5.74) is 3.91. The number of hydrogen-bond donors (Lipinski definition) is 3. The van der Waals surface area contributed by atoms with Crippen molar-refractivity contribution in [3.63, 3.8) is 0 Å². The molecule has 0 bridgehead atoms. The SMILES string of the molecule is CCOc1ccc(/C(C)=N\NC(=O)Cc2cc(=O)[nH]c(=S)[nH]2)cc1OCC. The Kier molecular flexibility index (Phi) is 7.30. The van der Waals surface area contributed by atoms with Crippen LogP contribution in [0, 0.1) is 4.77 Å². The largest absolute Gasteiger partial charge is 0.490 e. The van der Waals surface area contributed by atoms with Crippen molar-refractivity contribution in [2.24, 2.45) is 5.10 Å². The second kappa shape index (κ2) is 9.67. The van der Waals surface area contributed by atoms with Gasteiger partial charge >= 0.3 is 0 Å². The average Bonchev–Trinajstić information content (AvgIpc) is 2.60. The Morgan fingerprint density at radius 1 is 1.15 bits per heavy atom. The van der Waals surface area contributed by atoms with Crippen LogP contribution in [0.1, 0.15) is 32.0 Å². The molecule has 8 nitrogen and oxygen atoms in total. The van der Waals surface area contributed by atoms with Gasteiger partial charge in [0.2, 0.25) is 5.91 Å². The molecular formula is C18H22N4O4S. The monoisotopic (exact) mass is 390 g/mol. The molecule has 0 atom stereocenters. The third kappa shape index (κ3) is 6.07. The highest BCUT2D eigenvalue weighted by molar-refractivity contribution is 7.71. The van der Waals surface area contributed by atoms with Crippen LogP contribution in [0.25, 0.3) is 0 Å². The predicted molar refractivity (Wildman–Crippen MR) is 105 cm³/mol. The van der Waals surface area contributed by atoms with Crippen LogP contribution >= 0.6 is 12.2 Å². The number of nitrogens with zero attached hydrogens (tertiary/aromatic N) is 1. The van der Waals surface area contributed by atoms with E-state index in [-0.39, 0.29) is 22.7 Å². The molecule has 2 rings (SSSR count). The lowest BCUT2D eigenvalue weighted by atomic mass is 10.1. The number of hydrogen-bond acceptors (Lipinski definition) is 6. The number of aromatic amines is 2. The number of amides is 1. The van der Waals surface area contributed by atoms with E-state index in [1.165, 1.54) is 6.07 Å². The molecule has 0 unspecified atom stereocenters. The highest BCUT2D eigenvalue weighted by Gasteiger charge is 2.09. The zero-order valence-electron chi connectivity index (χ0n) is 15.4. The Morgan fingerprint density at radius 2 is 1.85 bits per heavy atom. The van der Waals surface area contributed by atoms with Crippen LogP contribution in [0.3, 0.4) is 0 Å². The molecular weight excluding hydrogens is 368 g/mol. The average molecular weight is 390 g/mol. The molecule has 2 aromatic rings. The zero-order chi connectivity index (χ0) is 19.8. The first-order valence-corrected chi connectivity index (χ1v) is 8.89. The van der Waals surface area contributed by atoms with E-state index in [9.17, 15) is 9.59 Å². The van der Waals surface area contributed by atoms with Gasteiger partial charge in [0.25, 0.3) is 5.56 Å². The third-order valence-electron chi connectivity index (χ3n) is 3.48. The quantitative estimate of drug-likeness (QED) is 0.364. The van der Waals surface area contributed by atoms with Crippen molar-refractivity contribution in [1.29, 1.82) is 0 Å². The summed E-state index contributed by atoms with van der Waals surface area (Å²) in [6, 6.07) is 6.74. The van der Waals surface area contributed by atoms with Crippen molar-refractivity contribution in [1.82, 2.24) is 15.4 Å². The molecule has 1 aromatic carbocycles. The normalized spacial score (nSPS) is 11.1. The lowest BCUT2D eigenvalue weighted by Gasteiger charge is -2.12. The smallest absolute Gasteiger partial charge is 0.251 e. The van der Waals surface area contributed by atoms with Gasteiger partial charge in [-0.25, -0.2) is 5.43 Å². The molecule has 0 aliphatic heterocycles. The van der Waals surface area contributed by atoms with Gasteiger partial charge in [0, 0.05) is 17.3 Å². The Morgan fingerprint density at radius 3 is 2.52 bits per heavy atom. The first-order valence-electron chi connectivity index (χ1n) is 8.48. The van der Waals surface area contributed by atoms with Crippen molar-refractivity contribution >= 4 is 23.8 Å². The van der Waals surface area contributed by atoms with Crippen molar-refractivity contribution in [2.45, 2.75) is 27.2 Å². The number of aromatic nitrogens is 2. The molecule has 0 fully saturated rings. The molecule has 0 radical (unpaired) electrons. The number of benzene rings is 1. The fourth-order valence-electron chi connectivity index (χ4n) is 2.31. The van der Waals surface area contributed by atoms with Crippen LogP contribution < -0.4 is 20.5 Å². The maximum atomic E-state index is 12.1. The van der Waals surface area contributed by atoms with Crippen molar-refractivity contribution in [3.05, 3.63) is 50.6 Å². The van der Waals surface area contributed by atoms with Crippen LogP contribution in [0.4, 0.5) is 0 Å². The molecule has 0 saturated heterocycles. The molecule has 144 valence electrons. The van der Waals surface area contributed by atoms with Crippen molar-refractivity contribution in [2.75, 3.05) is 13.2 Å². The third-order valence-corrected chi connectivity index (χ3v) is 3.68. The number of ether oxygens (including phenoxy) is 2. The van der Waals surface area contributed by atoms with E-state index in [1.807, 2.05) is 26.0 Å². The fraction of sp³-hybridized carbons (Fsp3) is 0.333. The van der Waals surface area contributed by atoms with E-state index < -0.39 is 0 Å². The summed E-state index contributed by atoms with van der Waals surface area (Å²) in [6.07, 6.45) is -0.0438. The van der Waals surface area contributed by atoms with E-state index in [0.717, 1.165) is 5.56 Å². The summed E-state index contributed by atoms with van der Waals surface area (Å²) >= 11 is 4.88. The molecule has 0 aliphatic carbocycles. The summed E-state index contributed by atoms with van der Waals surface area (Å²) in [4.78, 5) is 28.6. The Labute approximate surface area is 161 Å². The number of nitrogens with one attached hydrogen (secondary N) is 3. The summed E-state index contributed by atoms with van der Waals surface area (Å²) in [5, 5.41) is 4.11. The molecule has 1 heterocycles. The van der Waals surface area contributed by atoms with E-state index in [4.69, 9.17) is 21.7 Å². The molecule has 27 heavy (non-hydrogen) atoms. The first-order chi connectivity index (χ1) is 12.9. The second-order valence-corrected chi connectivity index (χ2v) is 5.96. The van der Waals surface area contributed by atoms with Gasteiger partial charge < -0.3 is 14.5 Å². The van der Waals surface area contributed by atoms with Crippen LogP contribution in [-0.4, -0.2) is 34.8 Å². The molecule has 3 N–H and O–H groups in total. The second-order valence-electron chi connectivity index (χ2n) is 5.55. The molecule has 1 aromatic heterocycles. The van der Waals surface area contributed by atoms with E-state index >= 15 is 0 Å². The molecule has 0 saturated carbocycles. The van der Waals surface area contributed by atoms with Gasteiger partial charge in [-0.15, -0.1) is 0 Å². The van der Waals surface area contributed by atoms with Gasteiger partial charge in [0.1, 0.15) is 0 Å². The first kappa shape index (κ1) is 20.4. The summed E-state index contributed by atoms with van der Waals surface area (Å²) in [7, 11) is 0. The molecule has 9 heteroatoms. The minimum atomic E-state index is -0.374. The van der Waals surface area contributed by atoms with Crippen LogP contribution in [0.2, 0.25) is 0 Å². The van der Waals surface area contributed by atoms with Crippen molar-refractivity contribution < 1.29 is 14.3 Å². The van der Waals surface area contributed by atoms with E-state index in [2.05, 4.69) is 20.5 Å². The van der Waals surface area contributed by atoms with Gasteiger partial charge in [-0.1, -0.05) is 0 Å². The number of carbonyl (C=O) groups is 1. The number of H-pyrrole nitrogens is 2. The van der Waals surface area contributed by atoms with Gasteiger partial charge in [-0.3, -0.25) is 14.6 Å². The summed E-state index contributed by atoms with van der Waals surface area (Å²) < 4.78 is 11.3. The lowest BCUT2D eigenvalue weighted by Crippen LogP contribution is -2.23. The van der Waals surface area contributed by atoms with Crippen LogP contribution in [-0.2, 0) is 11.2 Å². The van der Waals surface area contributed by atoms with Crippen LogP contribution in [0.15, 0.2) is 34.2 Å². The minimum Gasteiger partial charge on any atom is -0.490 e. The van der Waals surface area contributed by atoms with Gasteiger partial charge in [0.05, 0.1) is 25.3 Å². The lowest BCUT2D eigenvalue weighted by molar-refractivity contribution is -0.120. The molecule has 0 spiro atoms. The zero-order valence-corrected chi connectivity index (χ0v) is 16.2. The molecule has 1 amide bonds. The topological polar surface area (TPSA) is 109 Å².